The SMILES string of the molecule is CC(=O)O[C@@H]1C[C@@H]2[C@H](CC[C@]3(C)[C@@H]([C@@](C)(O)[C@H]4CC(C)=C(C)C(=O)O4)CC[C@@H]23)[C@@]2(C)C(=O)C=CC=C12. The zero-order valence-corrected chi connectivity index (χ0v) is 22.4. The van der Waals surface area contributed by atoms with Crippen molar-refractivity contribution in [2.45, 2.75) is 97.9 Å². The summed E-state index contributed by atoms with van der Waals surface area (Å²) in [7, 11) is 0. The number of carbonyl (C=O) groups is 3. The Bertz CT molecular complexity index is 1090. The van der Waals surface area contributed by atoms with Gasteiger partial charge in [0.1, 0.15) is 17.8 Å². The van der Waals surface area contributed by atoms with Gasteiger partial charge in [-0.25, -0.2) is 4.79 Å². The lowest BCUT2D eigenvalue weighted by Crippen LogP contribution is -2.59. The summed E-state index contributed by atoms with van der Waals surface area (Å²) >= 11 is 0. The predicted molar refractivity (Wildman–Crippen MR) is 135 cm³/mol. The molecule has 1 aliphatic heterocycles. The smallest absolute Gasteiger partial charge is 0.334 e. The van der Waals surface area contributed by atoms with Crippen molar-refractivity contribution in [3.05, 3.63) is 34.9 Å². The molecule has 3 fully saturated rings. The molecule has 5 rings (SSSR count). The molecule has 3 saturated carbocycles. The molecule has 0 saturated heterocycles. The van der Waals surface area contributed by atoms with Crippen molar-refractivity contribution in [1.29, 1.82) is 0 Å². The zero-order valence-electron chi connectivity index (χ0n) is 22.4. The Morgan fingerprint density at radius 3 is 2.56 bits per heavy atom. The monoisotopic (exact) mass is 496 g/mol. The second kappa shape index (κ2) is 8.41. The minimum absolute atomic E-state index is 0.0289. The van der Waals surface area contributed by atoms with Crippen LogP contribution in [0.2, 0.25) is 0 Å². The highest BCUT2D eigenvalue weighted by atomic mass is 16.6. The minimum atomic E-state index is -1.16. The molecule has 5 aliphatic rings. The maximum absolute atomic E-state index is 13.4. The molecular weight excluding hydrogens is 456 g/mol. The third-order valence-corrected chi connectivity index (χ3v) is 11.0. The van der Waals surface area contributed by atoms with Crippen LogP contribution in [0.3, 0.4) is 0 Å². The van der Waals surface area contributed by atoms with Crippen LogP contribution in [0.25, 0.3) is 0 Å². The van der Waals surface area contributed by atoms with Gasteiger partial charge in [-0.3, -0.25) is 9.59 Å². The first-order chi connectivity index (χ1) is 16.8. The van der Waals surface area contributed by atoms with Gasteiger partial charge in [-0.05, 0) is 101 Å². The average Bonchev–Trinajstić information content (AvgIpc) is 3.16. The molecule has 0 spiro atoms. The number of esters is 2. The van der Waals surface area contributed by atoms with Crippen molar-refractivity contribution >= 4 is 17.7 Å². The first-order valence-corrected chi connectivity index (χ1v) is 13.5. The quantitative estimate of drug-likeness (QED) is 0.562. The Balaban J connectivity index is 1.48. The Morgan fingerprint density at radius 2 is 1.89 bits per heavy atom. The van der Waals surface area contributed by atoms with Crippen molar-refractivity contribution in [2.75, 3.05) is 0 Å². The highest BCUT2D eigenvalue weighted by molar-refractivity contribution is 5.99. The molecule has 1 N–H and O–H groups in total. The lowest BCUT2D eigenvalue weighted by Gasteiger charge is -2.59. The fraction of sp³-hybridized carbons (Fsp3) is 0.700. The van der Waals surface area contributed by atoms with Crippen LogP contribution < -0.4 is 0 Å². The number of carbonyl (C=O) groups excluding carboxylic acids is 3. The van der Waals surface area contributed by atoms with E-state index in [1.807, 2.05) is 26.8 Å². The van der Waals surface area contributed by atoms with Crippen LogP contribution >= 0.6 is 0 Å². The Morgan fingerprint density at radius 1 is 1.17 bits per heavy atom. The van der Waals surface area contributed by atoms with Gasteiger partial charge < -0.3 is 14.6 Å². The number of hydrogen-bond acceptors (Lipinski definition) is 6. The lowest BCUT2D eigenvalue weighted by molar-refractivity contribution is -0.184. The highest BCUT2D eigenvalue weighted by Gasteiger charge is 2.65. The van der Waals surface area contributed by atoms with Crippen LogP contribution in [-0.4, -0.2) is 40.6 Å². The van der Waals surface area contributed by atoms with E-state index in [4.69, 9.17) is 9.47 Å². The number of cyclic esters (lactones) is 1. The molecular formula is C30H40O6. The third-order valence-electron chi connectivity index (χ3n) is 11.0. The van der Waals surface area contributed by atoms with Gasteiger partial charge in [0.15, 0.2) is 5.78 Å². The van der Waals surface area contributed by atoms with E-state index in [0.29, 0.717) is 24.3 Å². The molecule has 6 heteroatoms. The molecule has 36 heavy (non-hydrogen) atoms. The summed E-state index contributed by atoms with van der Waals surface area (Å²) in [4.78, 5) is 37.9. The van der Waals surface area contributed by atoms with Gasteiger partial charge in [-0.2, -0.15) is 0 Å². The van der Waals surface area contributed by atoms with Crippen LogP contribution in [0.4, 0.5) is 0 Å². The van der Waals surface area contributed by atoms with Crippen LogP contribution in [0.15, 0.2) is 34.9 Å². The fourth-order valence-corrected chi connectivity index (χ4v) is 8.96. The first kappa shape index (κ1) is 25.4. The summed E-state index contributed by atoms with van der Waals surface area (Å²) in [5.41, 5.74) is 0.567. The van der Waals surface area contributed by atoms with Crippen LogP contribution in [-0.2, 0) is 23.9 Å². The fourth-order valence-electron chi connectivity index (χ4n) is 8.96. The average molecular weight is 497 g/mol. The van der Waals surface area contributed by atoms with Gasteiger partial charge in [0.05, 0.1) is 5.41 Å². The van der Waals surface area contributed by atoms with Gasteiger partial charge in [0.25, 0.3) is 0 Å². The molecule has 0 unspecified atom stereocenters. The number of aliphatic hydroxyl groups is 1. The predicted octanol–water partition coefficient (Wildman–Crippen LogP) is 4.86. The number of fused-ring (bicyclic) bond motifs is 5. The summed E-state index contributed by atoms with van der Waals surface area (Å²) in [5, 5.41) is 12.0. The van der Waals surface area contributed by atoms with Crippen LogP contribution in [0.5, 0.6) is 0 Å². The molecule has 0 amide bonds. The summed E-state index contributed by atoms with van der Waals surface area (Å²) < 4.78 is 11.6. The number of rotatable bonds is 3. The van der Waals surface area contributed by atoms with Gasteiger partial charge in [0, 0.05) is 18.9 Å². The Kier molecular flexibility index (Phi) is 5.94. The molecule has 9 atom stereocenters. The van der Waals surface area contributed by atoms with Crippen LogP contribution in [0.1, 0.15) is 80.1 Å². The normalized spacial score (nSPS) is 43.6. The molecule has 0 aromatic rings. The second-order valence-electron chi connectivity index (χ2n) is 12.7. The minimum Gasteiger partial charge on any atom is -0.458 e. The Hall–Kier alpha value is -2.21. The van der Waals surface area contributed by atoms with E-state index in [1.165, 1.54) is 6.92 Å². The van der Waals surface area contributed by atoms with E-state index in [0.717, 1.165) is 36.8 Å². The van der Waals surface area contributed by atoms with Crippen molar-refractivity contribution < 1.29 is 29.0 Å². The van der Waals surface area contributed by atoms with Gasteiger partial charge in [-0.15, -0.1) is 0 Å². The number of ketones is 1. The van der Waals surface area contributed by atoms with Crippen molar-refractivity contribution in [2.24, 2.45) is 34.5 Å². The maximum Gasteiger partial charge on any atom is 0.334 e. The third kappa shape index (κ3) is 3.50. The second-order valence-corrected chi connectivity index (χ2v) is 12.7. The standard InChI is InChI=1S/C30H40O6/c1-16-14-26(36-27(33)17(16)2)30(6,34)24-11-10-20-19-15-23(35-18(3)31)22-8-7-9-25(32)29(22,5)21(19)12-13-28(20,24)4/h7-9,19-21,23-24,26,34H,10-15H2,1-6H3/t19-,20-,21-,23+,24-,26+,28-,29+,30+/m0/s1. The molecule has 6 nitrogen and oxygen atoms in total. The topological polar surface area (TPSA) is 89.9 Å². The lowest BCUT2D eigenvalue weighted by atomic mass is 9.45. The van der Waals surface area contributed by atoms with Gasteiger partial charge >= 0.3 is 11.9 Å². The van der Waals surface area contributed by atoms with E-state index in [-0.39, 0.29) is 40.9 Å². The highest BCUT2D eigenvalue weighted by Crippen LogP contribution is 2.68. The Labute approximate surface area is 214 Å². The summed E-state index contributed by atoms with van der Waals surface area (Å²) in [6, 6.07) is 0. The van der Waals surface area contributed by atoms with Crippen molar-refractivity contribution in [3.8, 4) is 0 Å². The molecule has 0 radical (unpaired) electrons. The number of allylic oxidation sites excluding steroid dienone is 3. The molecule has 0 aromatic heterocycles. The molecule has 0 bridgehead atoms. The van der Waals surface area contributed by atoms with Crippen LogP contribution in [0, 0.1) is 34.5 Å². The van der Waals surface area contributed by atoms with E-state index in [1.54, 1.807) is 19.1 Å². The van der Waals surface area contributed by atoms with Crippen molar-refractivity contribution in [1.82, 2.24) is 0 Å². The molecule has 1 heterocycles. The molecule has 0 aromatic carbocycles. The van der Waals surface area contributed by atoms with Gasteiger partial charge in [0.2, 0.25) is 0 Å². The molecule has 4 aliphatic carbocycles. The summed E-state index contributed by atoms with van der Waals surface area (Å²) in [5.74, 6) is 0.0925. The molecule has 196 valence electrons. The maximum atomic E-state index is 13.4. The summed E-state index contributed by atoms with van der Waals surface area (Å²) in [6.45, 7) is 11.3. The van der Waals surface area contributed by atoms with Crippen molar-refractivity contribution in [3.63, 3.8) is 0 Å². The van der Waals surface area contributed by atoms with E-state index in [2.05, 4.69) is 6.92 Å². The van der Waals surface area contributed by atoms with Gasteiger partial charge in [-0.1, -0.05) is 24.6 Å². The van der Waals surface area contributed by atoms with E-state index >= 15 is 0 Å². The first-order valence-electron chi connectivity index (χ1n) is 13.5. The largest absolute Gasteiger partial charge is 0.458 e. The zero-order chi connectivity index (χ0) is 26.2. The number of ether oxygens (including phenoxy) is 2. The number of hydrogen-bond donors (Lipinski definition) is 1. The van der Waals surface area contributed by atoms with E-state index in [9.17, 15) is 19.5 Å². The summed E-state index contributed by atoms with van der Waals surface area (Å²) in [6.07, 6.45) is 9.31. The van der Waals surface area contributed by atoms with E-state index < -0.39 is 23.2 Å².